The molecule has 182 valence electrons. The Kier molecular flexibility index (Phi) is 8.27. The molecule has 4 nitrogen and oxygen atoms in total. The van der Waals surface area contributed by atoms with Crippen molar-refractivity contribution in [1.82, 2.24) is 10.2 Å². The number of para-hydroxylation sites is 1. The zero-order chi connectivity index (χ0) is 23.3. The van der Waals surface area contributed by atoms with Gasteiger partial charge in [0.1, 0.15) is 0 Å². The standard InChI is InChI=1S/C30H33N3O.ClH/c1-23-9-2-5-14-29(23)33-19-17-32(18-20-33)16-7-6-15-31-30(34)27-13-8-12-26-21-24-10-3-4-11-25(24)22-28(26)27;/h2-5,8-14,21-22H,6-7,15-20H2,1H3,(H,31,34);1H. The van der Waals surface area contributed by atoms with Crippen LogP contribution in [0, 0.1) is 6.92 Å². The fraction of sp³-hybridized carbons (Fsp3) is 0.300. The van der Waals surface area contributed by atoms with Gasteiger partial charge < -0.3 is 10.2 Å². The highest BCUT2D eigenvalue weighted by molar-refractivity contribution is 6.10. The topological polar surface area (TPSA) is 35.6 Å². The Hall–Kier alpha value is -3.08. The van der Waals surface area contributed by atoms with Crippen LogP contribution < -0.4 is 10.2 Å². The van der Waals surface area contributed by atoms with E-state index in [1.807, 2.05) is 18.2 Å². The molecule has 0 aliphatic carbocycles. The number of fused-ring (bicyclic) bond motifs is 2. The first-order chi connectivity index (χ1) is 16.7. The van der Waals surface area contributed by atoms with Crippen molar-refractivity contribution in [3.63, 3.8) is 0 Å². The largest absolute Gasteiger partial charge is 0.369 e. The third-order valence-electron chi connectivity index (χ3n) is 7.01. The van der Waals surface area contributed by atoms with E-state index in [1.165, 1.54) is 16.6 Å². The molecule has 1 amide bonds. The van der Waals surface area contributed by atoms with Crippen LogP contribution in [0.3, 0.4) is 0 Å². The van der Waals surface area contributed by atoms with Gasteiger partial charge >= 0.3 is 0 Å². The van der Waals surface area contributed by atoms with Crippen molar-refractivity contribution in [3.8, 4) is 0 Å². The lowest BCUT2D eigenvalue weighted by Crippen LogP contribution is -2.46. The summed E-state index contributed by atoms with van der Waals surface area (Å²) in [6.07, 6.45) is 2.10. The summed E-state index contributed by atoms with van der Waals surface area (Å²) in [6.45, 7) is 8.37. The molecule has 4 aromatic rings. The van der Waals surface area contributed by atoms with E-state index in [0.717, 1.165) is 67.3 Å². The van der Waals surface area contributed by atoms with Crippen LogP contribution in [0.5, 0.6) is 0 Å². The molecule has 1 aliphatic heterocycles. The van der Waals surface area contributed by atoms with E-state index in [9.17, 15) is 4.79 Å². The Morgan fingerprint density at radius 1 is 0.800 bits per heavy atom. The molecule has 0 radical (unpaired) electrons. The van der Waals surface area contributed by atoms with Crippen LogP contribution in [-0.4, -0.2) is 50.1 Å². The Labute approximate surface area is 214 Å². The van der Waals surface area contributed by atoms with Gasteiger partial charge in [0.05, 0.1) is 0 Å². The zero-order valence-corrected chi connectivity index (χ0v) is 21.2. The number of hydrogen-bond donors (Lipinski definition) is 1. The summed E-state index contributed by atoms with van der Waals surface area (Å²) in [7, 11) is 0. The van der Waals surface area contributed by atoms with Crippen molar-refractivity contribution in [2.45, 2.75) is 19.8 Å². The van der Waals surface area contributed by atoms with Crippen molar-refractivity contribution >= 4 is 45.5 Å². The molecule has 0 bridgehead atoms. The molecule has 0 spiro atoms. The van der Waals surface area contributed by atoms with Crippen LogP contribution in [0.25, 0.3) is 21.5 Å². The molecule has 0 aromatic heterocycles. The molecule has 1 heterocycles. The Morgan fingerprint density at radius 3 is 2.26 bits per heavy atom. The number of hydrogen-bond acceptors (Lipinski definition) is 3. The third kappa shape index (κ3) is 5.77. The van der Waals surface area contributed by atoms with Crippen molar-refractivity contribution in [2.24, 2.45) is 0 Å². The van der Waals surface area contributed by atoms with Crippen molar-refractivity contribution in [2.75, 3.05) is 44.2 Å². The highest BCUT2D eigenvalue weighted by atomic mass is 35.5. The maximum atomic E-state index is 12.9. The minimum atomic E-state index is 0. The number of carbonyl (C=O) groups is 1. The minimum Gasteiger partial charge on any atom is -0.369 e. The molecular formula is C30H34ClN3O. The molecule has 1 N–H and O–H groups in total. The van der Waals surface area contributed by atoms with E-state index < -0.39 is 0 Å². The van der Waals surface area contributed by atoms with Crippen LogP contribution in [0.15, 0.2) is 78.9 Å². The van der Waals surface area contributed by atoms with Crippen LogP contribution >= 0.6 is 12.4 Å². The van der Waals surface area contributed by atoms with Crippen LogP contribution in [0.4, 0.5) is 5.69 Å². The number of benzene rings is 4. The SMILES string of the molecule is Cc1ccccc1N1CCN(CCCCNC(=O)c2cccc3cc4ccccc4cc23)CC1.Cl. The number of amides is 1. The first kappa shape index (κ1) is 25.0. The lowest BCUT2D eigenvalue weighted by molar-refractivity contribution is 0.0954. The van der Waals surface area contributed by atoms with E-state index in [0.29, 0.717) is 6.54 Å². The summed E-state index contributed by atoms with van der Waals surface area (Å²) in [5, 5.41) is 7.64. The number of nitrogens with one attached hydrogen (secondary N) is 1. The fourth-order valence-corrected chi connectivity index (χ4v) is 5.05. The van der Waals surface area contributed by atoms with Gasteiger partial charge in [0.2, 0.25) is 0 Å². The minimum absolute atomic E-state index is 0. The van der Waals surface area contributed by atoms with Gasteiger partial charge in [-0.1, -0.05) is 54.6 Å². The van der Waals surface area contributed by atoms with Crippen LogP contribution in [-0.2, 0) is 0 Å². The number of halogens is 1. The summed E-state index contributed by atoms with van der Waals surface area (Å²) in [6, 6.07) is 27.3. The van der Waals surface area contributed by atoms with Crippen molar-refractivity contribution in [3.05, 3.63) is 90.0 Å². The second-order valence-corrected chi connectivity index (χ2v) is 9.30. The first-order valence-electron chi connectivity index (χ1n) is 12.4. The highest BCUT2D eigenvalue weighted by Gasteiger charge is 2.18. The van der Waals surface area contributed by atoms with E-state index >= 15 is 0 Å². The van der Waals surface area contributed by atoms with Gasteiger partial charge in [0, 0.05) is 44.0 Å². The maximum absolute atomic E-state index is 12.9. The number of rotatable bonds is 7. The summed E-state index contributed by atoms with van der Waals surface area (Å²) in [5.74, 6) is 0.0210. The van der Waals surface area contributed by atoms with Gasteiger partial charge in [0.15, 0.2) is 0 Å². The summed E-state index contributed by atoms with van der Waals surface area (Å²) in [5.41, 5.74) is 3.48. The molecule has 5 rings (SSSR count). The average molecular weight is 488 g/mol. The van der Waals surface area contributed by atoms with Gasteiger partial charge in [-0.2, -0.15) is 0 Å². The van der Waals surface area contributed by atoms with Crippen molar-refractivity contribution < 1.29 is 4.79 Å². The molecule has 35 heavy (non-hydrogen) atoms. The smallest absolute Gasteiger partial charge is 0.251 e. The van der Waals surface area contributed by atoms with Crippen LogP contribution in [0.2, 0.25) is 0 Å². The average Bonchev–Trinajstić information content (AvgIpc) is 2.87. The first-order valence-corrected chi connectivity index (χ1v) is 12.4. The number of anilines is 1. The number of unbranched alkanes of at least 4 members (excludes halogenated alkanes) is 1. The van der Waals surface area contributed by atoms with Gasteiger partial charge in [-0.3, -0.25) is 9.69 Å². The lowest BCUT2D eigenvalue weighted by atomic mass is 9.99. The van der Waals surface area contributed by atoms with Gasteiger partial charge in [0.25, 0.3) is 5.91 Å². The van der Waals surface area contributed by atoms with Gasteiger partial charge in [-0.05, 0) is 77.7 Å². The molecule has 0 atom stereocenters. The number of piperazine rings is 1. The lowest BCUT2D eigenvalue weighted by Gasteiger charge is -2.36. The van der Waals surface area contributed by atoms with Gasteiger partial charge in [-0.25, -0.2) is 0 Å². The van der Waals surface area contributed by atoms with Crippen molar-refractivity contribution in [1.29, 1.82) is 0 Å². The molecule has 1 aliphatic rings. The predicted octanol–water partition coefficient (Wildman–Crippen LogP) is 6.06. The van der Waals surface area contributed by atoms with E-state index in [-0.39, 0.29) is 18.3 Å². The quantitative estimate of drug-likeness (QED) is 0.254. The zero-order valence-electron chi connectivity index (χ0n) is 20.4. The van der Waals surface area contributed by atoms with Gasteiger partial charge in [-0.15, -0.1) is 12.4 Å². The van der Waals surface area contributed by atoms with Crippen LogP contribution in [0.1, 0.15) is 28.8 Å². The fourth-order valence-electron chi connectivity index (χ4n) is 5.05. The number of aryl methyl sites for hydroxylation is 1. The monoisotopic (exact) mass is 487 g/mol. The summed E-state index contributed by atoms with van der Waals surface area (Å²) < 4.78 is 0. The summed E-state index contributed by atoms with van der Waals surface area (Å²) >= 11 is 0. The molecule has 0 unspecified atom stereocenters. The molecule has 5 heteroatoms. The second kappa shape index (κ2) is 11.6. The molecule has 1 fully saturated rings. The molecule has 1 saturated heterocycles. The highest BCUT2D eigenvalue weighted by Crippen LogP contribution is 2.25. The summed E-state index contributed by atoms with van der Waals surface area (Å²) in [4.78, 5) is 18.0. The Bertz CT molecular complexity index is 1300. The van der Waals surface area contributed by atoms with E-state index in [2.05, 4.69) is 82.7 Å². The molecular weight excluding hydrogens is 454 g/mol. The molecule has 0 saturated carbocycles. The predicted molar refractivity (Wildman–Crippen MR) is 150 cm³/mol. The second-order valence-electron chi connectivity index (χ2n) is 9.30. The normalized spacial score (nSPS) is 14.1. The van der Waals surface area contributed by atoms with E-state index in [1.54, 1.807) is 0 Å². The third-order valence-corrected chi connectivity index (χ3v) is 7.01. The van der Waals surface area contributed by atoms with E-state index in [4.69, 9.17) is 0 Å². The number of nitrogens with zero attached hydrogens (tertiary/aromatic N) is 2. The Balaban J connectivity index is 0.00000289. The number of carbonyl (C=O) groups excluding carboxylic acids is 1. The Morgan fingerprint density at radius 2 is 1.49 bits per heavy atom. The maximum Gasteiger partial charge on any atom is 0.251 e. The molecule has 4 aromatic carbocycles.